The van der Waals surface area contributed by atoms with E-state index < -0.39 is 0 Å². The topological polar surface area (TPSA) is 50.2 Å². The number of pyridine rings is 1. The predicted octanol–water partition coefficient (Wildman–Crippen LogP) is 7.59. The molecule has 1 N–H and O–H groups in total. The normalized spacial score (nSPS) is 12.0. The zero-order valence-electron chi connectivity index (χ0n) is 18.0. The Hall–Kier alpha value is -3.11. The third kappa shape index (κ3) is 4.40. The van der Waals surface area contributed by atoms with Crippen molar-refractivity contribution >= 4 is 60.3 Å². The van der Waals surface area contributed by atoms with Crippen molar-refractivity contribution in [3.8, 4) is 11.3 Å². The van der Waals surface area contributed by atoms with E-state index >= 15 is 0 Å². The number of carbonyl (C=O) groups excluding carboxylic acids is 1. The second-order valence-electron chi connectivity index (χ2n) is 7.76. The van der Waals surface area contributed by atoms with Gasteiger partial charge in [-0.1, -0.05) is 53.9 Å². The minimum absolute atomic E-state index is 0. The Kier molecular flexibility index (Phi) is 6.57. The van der Waals surface area contributed by atoms with Gasteiger partial charge in [-0.2, -0.15) is 11.3 Å². The quantitative estimate of drug-likeness (QED) is 0.122. The van der Waals surface area contributed by atoms with E-state index in [1.54, 1.807) is 0 Å². The number of hydrogen-bond donors (Lipinski definition) is 1. The van der Waals surface area contributed by atoms with Crippen molar-refractivity contribution in [1.29, 1.82) is 0 Å². The Bertz CT molecular complexity index is 1580. The van der Waals surface area contributed by atoms with Gasteiger partial charge in [0.15, 0.2) is 5.78 Å². The van der Waals surface area contributed by atoms with Gasteiger partial charge in [0, 0.05) is 36.3 Å². The van der Waals surface area contributed by atoms with E-state index in [1.165, 1.54) is 56.6 Å². The minimum Gasteiger partial charge on any atom is -0.512 e. The number of rotatable bonds is 2. The van der Waals surface area contributed by atoms with Gasteiger partial charge in [0.25, 0.3) is 0 Å². The number of nitrogens with zero attached hydrogens (tertiary/aromatic N) is 1. The summed E-state index contributed by atoms with van der Waals surface area (Å²) in [4.78, 5) is 15.0. The molecule has 5 aromatic rings. The van der Waals surface area contributed by atoms with Crippen LogP contribution in [0.5, 0.6) is 0 Å². The summed E-state index contributed by atoms with van der Waals surface area (Å²) in [6.45, 7) is 2.85. The zero-order valence-corrected chi connectivity index (χ0v) is 21.3. The molecule has 0 spiro atoms. The Morgan fingerprint density at radius 3 is 2.52 bits per heavy atom. The molecule has 5 heteroatoms. The van der Waals surface area contributed by atoms with Crippen molar-refractivity contribution in [2.75, 3.05) is 0 Å². The molecule has 0 aliphatic heterocycles. The van der Waals surface area contributed by atoms with Crippen molar-refractivity contribution < 1.29 is 30.0 Å². The molecule has 1 aliphatic rings. The zero-order chi connectivity index (χ0) is 22.2. The van der Waals surface area contributed by atoms with Crippen LogP contribution >= 0.6 is 11.3 Å². The molecular formula is C28H20IrNO2S-. The molecule has 0 saturated carbocycles. The Balaban J connectivity index is 0.000000287. The van der Waals surface area contributed by atoms with Gasteiger partial charge in [-0.25, -0.2) is 0 Å². The third-order valence-electron chi connectivity index (χ3n) is 5.34. The van der Waals surface area contributed by atoms with E-state index in [0.29, 0.717) is 0 Å². The Morgan fingerprint density at radius 1 is 0.970 bits per heavy atom. The number of ketones is 1. The maximum absolute atomic E-state index is 10.0. The molecule has 0 atom stereocenters. The van der Waals surface area contributed by atoms with Crippen molar-refractivity contribution in [3.05, 3.63) is 89.7 Å². The molecule has 3 aromatic carbocycles. The molecule has 0 amide bonds. The fourth-order valence-electron chi connectivity index (χ4n) is 4.13. The standard InChI is InChI=1S/C23H12NS.C5H8O2.Ir/c1-2-9-20-17(6-1)23-16(7-4-10-21(23)25-20)19-13-15-12-11-14-5-3-8-18(24-19)22(14)15;1-4(6)3-5(2)7;/h1-6,8-13H;3,6H,1-2H3;/q-1;;. The molecular weight excluding hydrogens is 607 g/mol. The Labute approximate surface area is 209 Å². The number of carbonyl (C=O) groups is 1. The molecule has 2 aromatic heterocycles. The van der Waals surface area contributed by atoms with E-state index in [9.17, 15) is 4.79 Å². The van der Waals surface area contributed by atoms with Gasteiger partial charge in [0.2, 0.25) is 0 Å². The van der Waals surface area contributed by atoms with Crippen molar-refractivity contribution in [2.24, 2.45) is 0 Å². The van der Waals surface area contributed by atoms with Crippen LogP contribution in [0.4, 0.5) is 0 Å². The molecule has 165 valence electrons. The summed E-state index contributed by atoms with van der Waals surface area (Å²) in [5.41, 5.74) is 5.66. The summed E-state index contributed by atoms with van der Waals surface area (Å²) in [5.74, 6) is -0.0625. The largest absolute Gasteiger partial charge is 0.512 e. The maximum atomic E-state index is 10.0. The number of fused-ring (bicyclic) bond motifs is 3. The summed E-state index contributed by atoms with van der Waals surface area (Å²) in [5, 5.41) is 12.2. The van der Waals surface area contributed by atoms with E-state index in [2.05, 4.69) is 72.8 Å². The molecule has 33 heavy (non-hydrogen) atoms. The monoisotopic (exact) mass is 627 g/mol. The molecule has 3 nitrogen and oxygen atoms in total. The number of benzene rings is 3. The van der Waals surface area contributed by atoms with Gasteiger partial charge in [-0.3, -0.25) is 9.78 Å². The molecule has 1 aliphatic carbocycles. The first kappa shape index (κ1) is 23.1. The number of allylic oxidation sites excluding steroid dienone is 2. The number of aliphatic hydroxyl groups is 1. The Morgan fingerprint density at radius 2 is 1.76 bits per heavy atom. The van der Waals surface area contributed by atoms with Crippen molar-refractivity contribution in [3.63, 3.8) is 0 Å². The van der Waals surface area contributed by atoms with Gasteiger partial charge in [0.1, 0.15) is 0 Å². The second kappa shape index (κ2) is 9.40. The summed E-state index contributed by atoms with van der Waals surface area (Å²) >= 11 is 1.83. The van der Waals surface area contributed by atoms with Gasteiger partial charge in [0.05, 0.1) is 11.3 Å². The predicted molar refractivity (Wildman–Crippen MR) is 135 cm³/mol. The first-order valence-electron chi connectivity index (χ1n) is 10.3. The van der Waals surface area contributed by atoms with Crippen molar-refractivity contribution in [1.82, 2.24) is 4.98 Å². The number of aliphatic hydroxyl groups excluding tert-OH is 1. The van der Waals surface area contributed by atoms with Crippen LogP contribution in [0.2, 0.25) is 0 Å². The van der Waals surface area contributed by atoms with Crippen LogP contribution in [0.25, 0.3) is 54.5 Å². The molecule has 0 bridgehead atoms. The summed E-state index contributed by atoms with van der Waals surface area (Å²) in [7, 11) is 0. The maximum Gasteiger partial charge on any atom is 0.155 e. The van der Waals surface area contributed by atoms with E-state index in [0.717, 1.165) is 16.8 Å². The van der Waals surface area contributed by atoms with Crippen LogP contribution in [0, 0.1) is 6.07 Å². The number of aromatic nitrogens is 1. The summed E-state index contributed by atoms with van der Waals surface area (Å²) < 4.78 is 2.60. The molecule has 1 radical (unpaired) electrons. The van der Waals surface area contributed by atoms with Gasteiger partial charge < -0.3 is 5.11 Å². The number of hydrogen-bond acceptors (Lipinski definition) is 4. The van der Waals surface area contributed by atoms with E-state index in [-0.39, 0.29) is 31.6 Å². The summed E-state index contributed by atoms with van der Waals surface area (Å²) in [6.07, 6.45) is 5.53. The molecule has 2 heterocycles. The van der Waals surface area contributed by atoms with E-state index in [1.807, 2.05) is 17.4 Å². The van der Waals surface area contributed by atoms with Gasteiger partial charge >= 0.3 is 0 Å². The van der Waals surface area contributed by atoms with Crippen LogP contribution in [0.3, 0.4) is 0 Å². The SMILES string of the molecule is CC(=O)C=C(C)O.[Ir].[c-]1ccc2sc3ccccc3c2c1-c1cc2c3c(cccc3n1)C=C2. The third-order valence-corrected chi connectivity index (χ3v) is 6.48. The van der Waals surface area contributed by atoms with Crippen molar-refractivity contribution in [2.45, 2.75) is 13.8 Å². The van der Waals surface area contributed by atoms with Gasteiger partial charge in [-0.05, 0) is 52.9 Å². The number of thiophene rings is 1. The average Bonchev–Trinajstić information content (AvgIpc) is 3.35. The molecule has 6 rings (SSSR count). The van der Waals surface area contributed by atoms with E-state index in [4.69, 9.17) is 10.1 Å². The average molecular weight is 627 g/mol. The fraction of sp³-hybridized carbons (Fsp3) is 0.0714. The molecule has 0 saturated heterocycles. The van der Waals surface area contributed by atoms with Crippen LogP contribution in [-0.2, 0) is 24.9 Å². The molecule has 0 fully saturated rings. The first-order valence-corrected chi connectivity index (χ1v) is 11.1. The summed E-state index contributed by atoms with van der Waals surface area (Å²) in [6, 6.07) is 24.8. The van der Waals surface area contributed by atoms with Crippen LogP contribution in [0.15, 0.2) is 72.5 Å². The minimum atomic E-state index is -0.125. The van der Waals surface area contributed by atoms with Crippen LogP contribution in [-0.4, -0.2) is 15.9 Å². The van der Waals surface area contributed by atoms with Gasteiger partial charge in [-0.15, -0.1) is 23.8 Å². The van der Waals surface area contributed by atoms with Crippen LogP contribution < -0.4 is 0 Å². The molecule has 0 unspecified atom stereocenters. The first-order chi connectivity index (χ1) is 15.5. The van der Waals surface area contributed by atoms with Crippen LogP contribution in [0.1, 0.15) is 25.0 Å². The smallest absolute Gasteiger partial charge is 0.155 e. The second-order valence-corrected chi connectivity index (χ2v) is 8.84. The fourth-order valence-corrected chi connectivity index (χ4v) is 5.25.